The molecule has 0 fully saturated rings. The van der Waals surface area contributed by atoms with E-state index in [0.717, 1.165) is 33.8 Å². The van der Waals surface area contributed by atoms with Crippen molar-refractivity contribution < 1.29 is 14.3 Å². The number of nitrogens with one attached hydrogen (secondary N) is 1. The van der Waals surface area contributed by atoms with Crippen LogP contribution in [0.4, 0.5) is 0 Å². The van der Waals surface area contributed by atoms with Gasteiger partial charge in [-0.05, 0) is 42.7 Å². The van der Waals surface area contributed by atoms with E-state index in [0.29, 0.717) is 13.0 Å². The Balaban J connectivity index is 2.01. The average molecular weight is 313 g/mol. The summed E-state index contributed by atoms with van der Waals surface area (Å²) in [5.41, 5.74) is 4.14. The van der Waals surface area contributed by atoms with Crippen LogP contribution in [0, 0.1) is 13.8 Å². The van der Waals surface area contributed by atoms with Crippen LogP contribution in [0.5, 0.6) is 11.5 Å². The number of methoxy groups -OCH3 is 2. The number of aryl methyl sites for hydroxylation is 2. The highest BCUT2D eigenvalue weighted by atomic mass is 16.5. The third-order valence-electron chi connectivity index (χ3n) is 3.87. The molecule has 2 rings (SSSR count). The van der Waals surface area contributed by atoms with Crippen LogP contribution in [0.2, 0.25) is 0 Å². The van der Waals surface area contributed by atoms with Crippen LogP contribution in [0.15, 0.2) is 36.4 Å². The lowest BCUT2D eigenvalue weighted by Gasteiger charge is -2.13. The lowest BCUT2D eigenvalue weighted by atomic mass is 10.0. The highest BCUT2D eigenvalue weighted by Gasteiger charge is 2.10. The number of rotatable bonds is 6. The van der Waals surface area contributed by atoms with Gasteiger partial charge in [0.25, 0.3) is 0 Å². The molecular weight excluding hydrogens is 290 g/mol. The fourth-order valence-electron chi connectivity index (χ4n) is 2.54. The predicted octanol–water partition coefficient (Wildman–Crippen LogP) is 3.18. The molecule has 0 aliphatic heterocycles. The van der Waals surface area contributed by atoms with E-state index in [4.69, 9.17) is 9.47 Å². The van der Waals surface area contributed by atoms with Gasteiger partial charge in [-0.2, -0.15) is 0 Å². The highest BCUT2D eigenvalue weighted by Crippen LogP contribution is 2.22. The minimum absolute atomic E-state index is 0.0256. The lowest BCUT2D eigenvalue weighted by Crippen LogP contribution is -2.25. The number of hydrogen-bond acceptors (Lipinski definition) is 3. The minimum Gasteiger partial charge on any atom is -0.496 e. The summed E-state index contributed by atoms with van der Waals surface area (Å²) in [5.74, 6) is 1.58. The molecule has 0 saturated carbocycles. The molecule has 0 unspecified atom stereocenters. The second-order valence-electron chi connectivity index (χ2n) is 5.51. The van der Waals surface area contributed by atoms with Gasteiger partial charge in [0.05, 0.1) is 20.6 Å². The first-order valence-corrected chi connectivity index (χ1v) is 7.58. The fraction of sp³-hybridized carbons (Fsp3) is 0.316. The van der Waals surface area contributed by atoms with Crippen molar-refractivity contribution in [3.05, 3.63) is 58.7 Å². The summed E-state index contributed by atoms with van der Waals surface area (Å²) in [6.07, 6.45) is 0.304. The Bertz CT molecular complexity index is 695. The summed E-state index contributed by atoms with van der Waals surface area (Å²) >= 11 is 0. The maximum Gasteiger partial charge on any atom is 0.224 e. The molecule has 122 valence electrons. The quantitative estimate of drug-likeness (QED) is 0.891. The van der Waals surface area contributed by atoms with Crippen molar-refractivity contribution in [1.29, 1.82) is 0 Å². The normalized spacial score (nSPS) is 10.3. The molecule has 23 heavy (non-hydrogen) atoms. The van der Waals surface area contributed by atoms with Crippen LogP contribution in [0.25, 0.3) is 0 Å². The molecule has 0 atom stereocenters. The van der Waals surface area contributed by atoms with E-state index in [9.17, 15) is 4.79 Å². The molecule has 2 aromatic carbocycles. The van der Waals surface area contributed by atoms with Crippen molar-refractivity contribution in [3.63, 3.8) is 0 Å². The van der Waals surface area contributed by atoms with Gasteiger partial charge < -0.3 is 14.8 Å². The number of benzene rings is 2. The number of ether oxygens (including phenoxy) is 2. The topological polar surface area (TPSA) is 47.6 Å². The van der Waals surface area contributed by atoms with Crippen molar-refractivity contribution in [1.82, 2.24) is 5.32 Å². The van der Waals surface area contributed by atoms with Crippen LogP contribution in [0.3, 0.4) is 0 Å². The van der Waals surface area contributed by atoms with Gasteiger partial charge in [-0.15, -0.1) is 0 Å². The Morgan fingerprint density at radius 1 is 0.957 bits per heavy atom. The van der Waals surface area contributed by atoms with Crippen molar-refractivity contribution in [2.45, 2.75) is 26.8 Å². The van der Waals surface area contributed by atoms with E-state index < -0.39 is 0 Å². The molecule has 2 aromatic rings. The number of carbonyl (C=O) groups excluding carboxylic acids is 1. The molecule has 0 aliphatic rings. The standard InChI is InChI=1S/C19H23NO3/c1-13-10-18(23-4)14(2)9-16(13)12-20-19(21)11-15-7-5-6-8-17(15)22-3/h5-10H,11-12H2,1-4H3,(H,20,21). The van der Waals surface area contributed by atoms with Crippen LogP contribution in [-0.4, -0.2) is 20.1 Å². The van der Waals surface area contributed by atoms with Crippen LogP contribution in [0.1, 0.15) is 22.3 Å². The number of carbonyl (C=O) groups is 1. The van der Waals surface area contributed by atoms with Gasteiger partial charge in [-0.1, -0.05) is 24.3 Å². The molecule has 1 amide bonds. The molecule has 0 aliphatic carbocycles. The number of para-hydroxylation sites is 1. The smallest absolute Gasteiger partial charge is 0.224 e. The van der Waals surface area contributed by atoms with Gasteiger partial charge in [0.15, 0.2) is 0 Å². The molecule has 0 saturated heterocycles. The average Bonchev–Trinajstić information content (AvgIpc) is 2.55. The monoisotopic (exact) mass is 313 g/mol. The molecule has 0 spiro atoms. The molecule has 0 radical (unpaired) electrons. The summed E-state index contributed by atoms with van der Waals surface area (Å²) in [4.78, 5) is 12.2. The van der Waals surface area contributed by atoms with Crippen molar-refractivity contribution in [2.75, 3.05) is 14.2 Å². The van der Waals surface area contributed by atoms with Gasteiger partial charge in [0.2, 0.25) is 5.91 Å². The van der Waals surface area contributed by atoms with Crippen LogP contribution < -0.4 is 14.8 Å². The van der Waals surface area contributed by atoms with Crippen LogP contribution >= 0.6 is 0 Å². The molecule has 4 heteroatoms. The Morgan fingerprint density at radius 3 is 2.35 bits per heavy atom. The third-order valence-corrected chi connectivity index (χ3v) is 3.87. The summed E-state index contributed by atoms with van der Waals surface area (Å²) in [5, 5.41) is 2.97. The molecule has 0 aromatic heterocycles. The Hall–Kier alpha value is -2.49. The summed E-state index contributed by atoms with van der Waals surface area (Å²) in [6, 6.07) is 11.6. The first-order chi connectivity index (χ1) is 11.0. The van der Waals surface area contributed by atoms with E-state index in [-0.39, 0.29) is 5.91 Å². The maximum atomic E-state index is 12.2. The second kappa shape index (κ2) is 7.68. The number of hydrogen-bond donors (Lipinski definition) is 1. The lowest BCUT2D eigenvalue weighted by molar-refractivity contribution is -0.120. The first-order valence-electron chi connectivity index (χ1n) is 7.58. The van der Waals surface area contributed by atoms with Crippen molar-refractivity contribution in [2.24, 2.45) is 0 Å². The van der Waals surface area contributed by atoms with Crippen LogP contribution in [-0.2, 0) is 17.8 Å². The first kappa shape index (κ1) is 16.9. The predicted molar refractivity (Wildman–Crippen MR) is 91.0 cm³/mol. The molecule has 4 nitrogen and oxygen atoms in total. The van der Waals surface area contributed by atoms with E-state index in [1.165, 1.54) is 0 Å². The van der Waals surface area contributed by atoms with Gasteiger partial charge in [0.1, 0.15) is 11.5 Å². The molecular formula is C19H23NO3. The summed E-state index contributed by atoms with van der Waals surface area (Å²) < 4.78 is 10.6. The molecule has 1 N–H and O–H groups in total. The van der Waals surface area contributed by atoms with Crippen molar-refractivity contribution >= 4 is 5.91 Å². The number of amides is 1. The van der Waals surface area contributed by atoms with Gasteiger partial charge >= 0.3 is 0 Å². The second-order valence-corrected chi connectivity index (χ2v) is 5.51. The van der Waals surface area contributed by atoms with E-state index in [1.54, 1.807) is 14.2 Å². The SMILES string of the molecule is COc1cc(C)c(CNC(=O)Cc2ccccc2OC)cc1C. The zero-order valence-electron chi connectivity index (χ0n) is 14.1. The summed E-state index contributed by atoms with van der Waals surface area (Å²) in [6.45, 7) is 4.52. The van der Waals surface area contributed by atoms with E-state index in [2.05, 4.69) is 11.4 Å². The van der Waals surface area contributed by atoms with Gasteiger partial charge in [-0.3, -0.25) is 4.79 Å². The maximum absolute atomic E-state index is 12.2. The van der Waals surface area contributed by atoms with E-state index >= 15 is 0 Å². The van der Waals surface area contributed by atoms with Crippen molar-refractivity contribution in [3.8, 4) is 11.5 Å². The molecule has 0 heterocycles. The fourth-order valence-corrected chi connectivity index (χ4v) is 2.54. The Labute approximate surface area is 137 Å². The molecule has 0 bridgehead atoms. The minimum atomic E-state index is -0.0256. The third kappa shape index (κ3) is 4.25. The van der Waals surface area contributed by atoms with Gasteiger partial charge in [0, 0.05) is 12.1 Å². The highest BCUT2D eigenvalue weighted by molar-refractivity contribution is 5.79. The zero-order valence-corrected chi connectivity index (χ0v) is 14.1. The van der Waals surface area contributed by atoms with E-state index in [1.807, 2.05) is 44.2 Å². The zero-order chi connectivity index (χ0) is 16.8. The van der Waals surface area contributed by atoms with Gasteiger partial charge in [-0.25, -0.2) is 0 Å². The largest absolute Gasteiger partial charge is 0.496 e. The Morgan fingerprint density at radius 2 is 1.65 bits per heavy atom. The summed E-state index contributed by atoms with van der Waals surface area (Å²) in [7, 11) is 3.27. The Kier molecular flexibility index (Phi) is 5.63.